The Balaban J connectivity index is 2.18. The second-order valence-corrected chi connectivity index (χ2v) is 5.32. The highest BCUT2D eigenvalue weighted by molar-refractivity contribution is 9.09. The second kappa shape index (κ2) is 2.84. The first-order valence-corrected chi connectivity index (χ1v) is 5.21. The van der Waals surface area contributed by atoms with Crippen LogP contribution < -0.4 is 0 Å². The van der Waals surface area contributed by atoms with Crippen molar-refractivity contribution in [2.24, 2.45) is 17.3 Å². The quantitative estimate of drug-likeness (QED) is 0.605. The Hall–Kier alpha value is 0.480. The van der Waals surface area contributed by atoms with E-state index in [0.29, 0.717) is 5.41 Å². The van der Waals surface area contributed by atoms with Crippen LogP contribution >= 0.6 is 15.9 Å². The van der Waals surface area contributed by atoms with E-state index in [0.717, 1.165) is 11.8 Å². The average Bonchev–Trinajstić information content (AvgIpc) is 2.42. The van der Waals surface area contributed by atoms with Gasteiger partial charge in [0.15, 0.2) is 0 Å². The maximum atomic E-state index is 3.52. The number of alkyl halides is 1. The van der Waals surface area contributed by atoms with Gasteiger partial charge in [-0.15, -0.1) is 0 Å². The van der Waals surface area contributed by atoms with Gasteiger partial charge in [-0.25, -0.2) is 0 Å². The fourth-order valence-corrected chi connectivity index (χ4v) is 2.33. The first kappa shape index (κ1) is 8.58. The molecule has 0 saturated heterocycles. The third-order valence-electron chi connectivity index (χ3n) is 2.14. The maximum absolute atomic E-state index is 3.52. The van der Waals surface area contributed by atoms with Crippen LogP contribution in [0.2, 0.25) is 0 Å². The molecule has 2 unspecified atom stereocenters. The Labute approximate surface area is 72.5 Å². The van der Waals surface area contributed by atoms with Crippen LogP contribution in [0.15, 0.2) is 0 Å². The van der Waals surface area contributed by atoms with Crippen LogP contribution in [0.5, 0.6) is 0 Å². The smallest absolute Gasteiger partial charge is 0.00624 e. The minimum atomic E-state index is 0.543. The molecule has 1 rings (SSSR count). The lowest BCUT2D eigenvalue weighted by atomic mass is 9.89. The summed E-state index contributed by atoms with van der Waals surface area (Å²) in [6, 6.07) is 0. The molecule has 2 atom stereocenters. The molecule has 60 valence electrons. The standard InChI is InChI=1S/C9H17Br/c1-9(2,3)5-7-4-8(7)6-10/h7-8H,4-6H2,1-3H3. The van der Waals surface area contributed by atoms with E-state index >= 15 is 0 Å². The molecule has 0 N–H and O–H groups in total. The third kappa shape index (κ3) is 2.61. The molecule has 10 heavy (non-hydrogen) atoms. The van der Waals surface area contributed by atoms with Crippen molar-refractivity contribution in [1.82, 2.24) is 0 Å². The van der Waals surface area contributed by atoms with Crippen molar-refractivity contribution >= 4 is 15.9 Å². The number of hydrogen-bond acceptors (Lipinski definition) is 0. The van der Waals surface area contributed by atoms with Crippen molar-refractivity contribution in [2.75, 3.05) is 5.33 Å². The van der Waals surface area contributed by atoms with Gasteiger partial charge in [0.2, 0.25) is 0 Å². The molecule has 0 bridgehead atoms. The molecule has 1 fully saturated rings. The topological polar surface area (TPSA) is 0 Å². The summed E-state index contributed by atoms with van der Waals surface area (Å²) < 4.78 is 0. The highest BCUT2D eigenvalue weighted by atomic mass is 79.9. The van der Waals surface area contributed by atoms with Crippen molar-refractivity contribution < 1.29 is 0 Å². The molecule has 0 aliphatic heterocycles. The van der Waals surface area contributed by atoms with Gasteiger partial charge in [-0.1, -0.05) is 36.7 Å². The minimum absolute atomic E-state index is 0.543. The highest BCUT2D eigenvalue weighted by Crippen LogP contribution is 2.46. The fourth-order valence-electron chi connectivity index (χ4n) is 1.54. The van der Waals surface area contributed by atoms with E-state index < -0.39 is 0 Å². The van der Waals surface area contributed by atoms with Gasteiger partial charge in [0, 0.05) is 5.33 Å². The molecule has 0 nitrogen and oxygen atoms in total. The summed E-state index contributed by atoms with van der Waals surface area (Å²) in [5, 5.41) is 1.22. The zero-order valence-electron chi connectivity index (χ0n) is 7.15. The van der Waals surface area contributed by atoms with E-state index in [9.17, 15) is 0 Å². The molecule has 1 aliphatic rings. The monoisotopic (exact) mass is 204 g/mol. The van der Waals surface area contributed by atoms with Gasteiger partial charge in [-0.05, 0) is 30.1 Å². The van der Waals surface area contributed by atoms with Crippen molar-refractivity contribution in [3.63, 3.8) is 0 Å². The molecule has 0 radical (unpaired) electrons. The number of halogens is 1. The Morgan fingerprint density at radius 3 is 2.20 bits per heavy atom. The molecular formula is C9H17Br. The lowest BCUT2D eigenvalue weighted by Crippen LogP contribution is -2.06. The molecule has 1 saturated carbocycles. The summed E-state index contributed by atoms with van der Waals surface area (Å²) in [5.74, 6) is 2.03. The summed E-state index contributed by atoms with van der Waals surface area (Å²) >= 11 is 3.52. The molecule has 0 spiro atoms. The Morgan fingerprint density at radius 1 is 1.30 bits per heavy atom. The van der Waals surface area contributed by atoms with E-state index in [1.807, 2.05) is 0 Å². The SMILES string of the molecule is CC(C)(C)CC1CC1CBr. The van der Waals surface area contributed by atoms with Crippen LogP contribution in [0.25, 0.3) is 0 Å². The van der Waals surface area contributed by atoms with Crippen molar-refractivity contribution in [2.45, 2.75) is 33.6 Å². The lowest BCUT2D eigenvalue weighted by molar-refractivity contribution is 0.347. The van der Waals surface area contributed by atoms with Gasteiger partial charge >= 0.3 is 0 Å². The second-order valence-electron chi connectivity index (χ2n) is 4.67. The fraction of sp³-hybridized carbons (Fsp3) is 1.00. The van der Waals surface area contributed by atoms with E-state index in [1.54, 1.807) is 0 Å². The first-order valence-electron chi connectivity index (χ1n) is 4.09. The molecular weight excluding hydrogens is 188 g/mol. The first-order chi connectivity index (χ1) is 4.53. The van der Waals surface area contributed by atoms with E-state index in [2.05, 4.69) is 36.7 Å². The third-order valence-corrected chi connectivity index (χ3v) is 2.97. The number of rotatable bonds is 2. The van der Waals surface area contributed by atoms with E-state index in [1.165, 1.54) is 18.2 Å². The summed E-state index contributed by atoms with van der Waals surface area (Å²) in [5.41, 5.74) is 0.543. The molecule has 0 aromatic heterocycles. The number of hydrogen-bond donors (Lipinski definition) is 0. The van der Waals surface area contributed by atoms with Gasteiger partial charge in [0.25, 0.3) is 0 Å². The van der Waals surface area contributed by atoms with Gasteiger partial charge < -0.3 is 0 Å². The minimum Gasteiger partial charge on any atom is -0.0925 e. The molecule has 0 heterocycles. The average molecular weight is 205 g/mol. The van der Waals surface area contributed by atoms with E-state index in [4.69, 9.17) is 0 Å². The Morgan fingerprint density at radius 2 is 1.90 bits per heavy atom. The molecule has 0 aromatic carbocycles. The predicted octanol–water partition coefficient (Wildman–Crippen LogP) is 3.45. The predicted molar refractivity (Wildman–Crippen MR) is 49.5 cm³/mol. The summed E-state index contributed by atoms with van der Waals surface area (Å²) in [7, 11) is 0. The van der Waals surface area contributed by atoms with Crippen LogP contribution in [0.4, 0.5) is 0 Å². The summed E-state index contributed by atoms with van der Waals surface area (Å²) in [4.78, 5) is 0. The zero-order chi connectivity index (χ0) is 7.78. The van der Waals surface area contributed by atoms with E-state index in [-0.39, 0.29) is 0 Å². The lowest BCUT2D eigenvalue weighted by Gasteiger charge is -2.17. The van der Waals surface area contributed by atoms with Crippen LogP contribution in [0, 0.1) is 17.3 Å². The highest BCUT2D eigenvalue weighted by Gasteiger charge is 2.38. The van der Waals surface area contributed by atoms with Crippen molar-refractivity contribution in [3.05, 3.63) is 0 Å². The van der Waals surface area contributed by atoms with Crippen LogP contribution in [0.3, 0.4) is 0 Å². The largest absolute Gasteiger partial charge is 0.0925 e. The van der Waals surface area contributed by atoms with Crippen molar-refractivity contribution in [1.29, 1.82) is 0 Å². The molecule has 1 aliphatic carbocycles. The zero-order valence-corrected chi connectivity index (χ0v) is 8.74. The normalized spacial score (nSPS) is 32.4. The molecule has 0 aromatic rings. The summed E-state index contributed by atoms with van der Waals surface area (Å²) in [6.07, 6.45) is 2.87. The van der Waals surface area contributed by atoms with Gasteiger partial charge in [0.1, 0.15) is 0 Å². The Kier molecular flexibility index (Phi) is 2.44. The Bertz CT molecular complexity index is 112. The van der Waals surface area contributed by atoms with Crippen molar-refractivity contribution in [3.8, 4) is 0 Å². The van der Waals surface area contributed by atoms with Gasteiger partial charge in [-0.2, -0.15) is 0 Å². The van der Waals surface area contributed by atoms with Crippen LogP contribution in [0.1, 0.15) is 33.6 Å². The van der Waals surface area contributed by atoms with Crippen LogP contribution in [-0.2, 0) is 0 Å². The van der Waals surface area contributed by atoms with Gasteiger partial charge in [-0.3, -0.25) is 0 Å². The van der Waals surface area contributed by atoms with Gasteiger partial charge in [0.05, 0.1) is 0 Å². The summed E-state index contributed by atoms with van der Waals surface area (Å²) in [6.45, 7) is 6.99. The molecule has 1 heteroatoms. The van der Waals surface area contributed by atoms with Crippen LogP contribution in [-0.4, -0.2) is 5.33 Å². The maximum Gasteiger partial charge on any atom is 0.00624 e. The molecule has 0 amide bonds.